The van der Waals surface area contributed by atoms with Gasteiger partial charge in [0.05, 0.1) is 12.7 Å². The molecule has 416 valence electrons. The molecule has 76 heavy (non-hydrogen) atoms. The highest BCUT2D eigenvalue weighted by atomic mass is 16.5. The third-order valence-electron chi connectivity index (χ3n) is 14.7. The van der Waals surface area contributed by atoms with Crippen molar-refractivity contribution in [2.45, 2.75) is 153 Å². The lowest BCUT2D eigenvalue weighted by Gasteiger charge is -2.46. The Balaban J connectivity index is 1.65. The average molecular weight is 1060 g/mol. The molecule has 12 atom stereocenters. The lowest BCUT2D eigenvalue weighted by atomic mass is 9.90. The largest absolute Gasteiger partial charge is 0.508 e. The number of phenols is 1. The Kier molecular flexibility index (Phi) is 22.5. The summed E-state index contributed by atoms with van der Waals surface area (Å²) in [6, 6.07) is 5.37. The van der Waals surface area contributed by atoms with Crippen LogP contribution in [0.25, 0.3) is 0 Å². The fraction of sp³-hybridized carbons (Fsp3) is 0.564. The molecular formula is C55H77N7O14. The third kappa shape index (κ3) is 15.7. The molecule has 5 rings (SSSR count). The highest BCUT2D eigenvalue weighted by Crippen LogP contribution is 2.29. The van der Waals surface area contributed by atoms with Gasteiger partial charge in [-0.3, -0.25) is 33.6 Å². The van der Waals surface area contributed by atoms with Crippen LogP contribution in [0, 0.1) is 17.8 Å². The zero-order valence-corrected chi connectivity index (χ0v) is 44.7. The standard InChI is InChI=1S/C55H77N7O14/c1-9-31(3)45-55(73)76-33(5)46(60-48(66)39(56-51(69)43(30-63)74-7)25-20-34-16-21-37(64)22-17-34)52(70)58-41(28-36-18-23-38(65)24-19-36)49(67)57-40-26-27-44(75-8)62(53(40)71)47(32(4)10-2)54(72)61(6)42(50(68)59-45)29-35-14-12-11-13-15-35/h11-19,21-24,31-33,36,38-47,63-65H,9-10,20,25-30H2,1-8H3,(H,56,69)(H,57,67)(H,58,70)(H,59,68)(H,60,66)/t31-,32+,33-,36?,38?,39-,40+,41+,42+,43-,44-,45+,46+,47+/m1/s1. The minimum Gasteiger partial charge on any atom is -0.508 e. The number of hydrogen-bond acceptors (Lipinski definition) is 14. The number of aromatic hydroxyl groups is 1. The molecule has 0 unspecified atom stereocenters. The Bertz CT molecular complexity index is 2370. The molecule has 0 spiro atoms. The van der Waals surface area contributed by atoms with Crippen LogP contribution in [0.2, 0.25) is 0 Å². The second-order valence-electron chi connectivity index (χ2n) is 20.0. The van der Waals surface area contributed by atoms with Crippen LogP contribution in [0.1, 0.15) is 84.3 Å². The fourth-order valence-electron chi connectivity index (χ4n) is 9.54. The molecule has 0 aromatic heterocycles. The maximum absolute atomic E-state index is 15.2. The van der Waals surface area contributed by atoms with Crippen LogP contribution in [0.5, 0.6) is 5.75 Å². The highest BCUT2D eigenvalue weighted by Gasteiger charge is 2.48. The molecule has 8 N–H and O–H groups in total. The summed E-state index contributed by atoms with van der Waals surface area (Å²) >= 11 is 0. The van der Waals surface area contributed by atoms with E-state index in [-0.39, 0.29) is 44.3 Å². The van der Waals surface area contributed by atoms with Gasteiger partial charge in [-0.15, -0.1) is 0 Å². The Labute approximate surface area is 444 Å². The number of carbonyl (C=O) groups is 8. The summed E-state index contributed by atoms with van der Waals surface area (Å²) < 4.78 is 17.0. The van der Waals surface area contributed by atoms with Crippen molar-refractivity contribution in [1.82, 2.24) is 36.4 Å². The number of rotatable bonds is 18. The molecule has 2 heterocycles. The minimum atomic E-state index is -1.80. The van der Waals surface area contributed by atoms with Crippen molar-refractivity contribution in [1.29, 1.82) is 0 Å². The van der Waals surface area contributed by atoms with Crippen LogP contribution in [-0.2, 0) is 65.4 Å². The molecule has 7 amide bonds. The number of methoxy groups -OCH3 is 2. The molecule has 1 aliphatic carbocycles. The molecule has 2 aromatic carbocycles. The Morgan fingerprint density at radius 3 is 2.08 bits per heavy atom. The number of hydrogen-bond donors (Lipinski definition) is 8. The van der Waals surface area contributed by atoms with E-state index in [0.717, 1.165) is 0 Å². The van der Waals surface area contributed by atoms with Gasteiger partial charge in [0, 0.05) is 27.7 Å². The molecule has 2 fully saturated rings. The first kappa shape index (κ1) is 60.2. The number of amides is 7. The predicted octanol–water partition coefficient (Wildman–Crippen LogP) is 1.32. The number of aryl methyl sites for hydroxylation is 1. The zero-order chi connectivity index (χ0) is 55.8. The number of aliphatic hydroxyl groups is 2. The number of aliphatic hydroxyl groups excluding tert-OH is 2. The van der Waals surface area contributed by atoms with Gasteiger partial charge in [-0.05, 0) is 80.0 Å². The summed E-state index contributed by atoms with van der Waals surface area (Å²) in [5.41, 5.74) is 1.35. The Morgan fingerprint density at radius 2 is 1.47 bits per heavy atom. The van der Waals surface area contributed by atoms with E-state index in [2.05, 4.69) is 26.6 Å². The molecule has 21 nitrogen and oxygen atoms in total. The van der Waals surface area contributed by atoms with Gasteiger partial charge in [-0.25, -0.2) is 4.79 Å². The lowest BCUT2D eigenvalue weighted by molar-refractivity contribution is -0.171. The van der Waals surface area contributed by atoms with Gasteiger partial charge < -0.3 is 65.9 Å². The van der Waals surface area contributed by atoms with Gasteiger partial charge >= 0.3 is 5.97 Å². The van der Waals surface area contributed by atoms with Gasteiger partial charge in [0.25, 0.3) is 5.91 Å². The number of benzene rings is 2. The van der Waals surface area contributed by atoms with Crippen LogP contribution in [0.3, 0.4) is 0 Å². The number of cyclic esters (lactones) is 1. The average Bonchev–Trinajstić information content (AvgIpc) is 3.42. The van der Waals surface area contributed by atoms with Gasteiger partial charge in [0.2, 0.25) is 35.4 Å². The Morgan fingerprint density at radius 1 is 0.816 bits per heavy atom. The third-order valence-corrected chi connectivity index (χ3v) is 14.7. The number of ether oxygens (including phenoxy) is 3. The van der Waals surface area contributed by atoms with Crippen molar-refractivity contribution in [2.75, 3.05) is 27.9 Å². The van der Waals surface area contributed by atoms with Crippen molar-refractivity contribution in [3.05, 3.63) is 90.0 Å². The van der Waals surface area contributed by atoms with Crippen LogP contribution in [-0.4, -0.2) is 167 Å². The topological polar surface area (TPSA) is 292 Å². The summed E-state index contributed by atoms with van der Waals surface area (Å²) in [6.45, 7) is 7.76. The molecule has 21 heteroatoms. The first-order valence-corrected chi connectivity index (χ1v) is 26.1. The molecule has 3 aliphatic rings. The first-order valence-electron chi connectivity index (χ1n) is 26.1. The normalized spacial score (nSPS) is 27.6. The number of fused-ring (bicyclic) bond motifs is 2. The van der Waals surface area contributed by atoms with E-state index in [1.807, 2.05) is 6.92 Å². The number of phenolic OH excluding ortho intramolecular Hbond substituents is 1. The van der Waals surface area contributed by atoms with E-state index >= 15 is 4.79 Å². The second-order valence-corrected chi connectivity index (χ2v) is 20.0. The van der Waals surface area contributed by atoms with Crippen molar-refractivity contribution in [2.24, 2.45) is 17.8 Å². The maximum Gasteiger partial charge on any atom is 0.329 e. The summed E-state index contributed by atoms with van der Waals surface area (Å²) in [5.74, 6) is -8.19. The number of esters is 1. The lowest BCUT2D eigenvalue weighted by Crippen LogP contribution is -2.66. The molecule has 0 saturated carbocycles. The SMILES string of the molecule is CC[C@@H](C)[C@@H]1NC(=O)[C@H](Cc2ccccc2)N(C)C(=O)[C@H]([C@@H](C)CC)N2C(=O)[C@H](CC[C@H]2OC)NC(=O)[C@H](CC2C=CC(O)C=C2)NC(=O)[C@@H](NC(=O)[C@@H](CCc2ccc(O)cc2)NC(=O)[C@@H](CO)OC)[C@@H](C)OC1=O. The summed E-state index contributed by atoms with van der Waals surface area (Å²) in [7, 11) is 4.07. The zero-order valence-electron chi connectivity index (χ0n) is 44.7. The monoisotopic (exact) mass is 1060 g/mol. The van der Waals surface area contributed by atoms with Gasteiger partial charge in [0.1, 0.15) is 60.4 Å². The van der Waals surface area contributed by atoms with Crippen LogP contribution < -0.4 is 26.6 Å². The van der Waals surface area contributed by atoms with E-state index in [1.165, 1.54) is 62.3 Å². The summed E-state index contributed by atoms with van der Waals surface area (Å²) in [6.07, 6.45) is 2.54. The van der Waals surface area contributed by atoms with E-state index < -0.39 is 139 Å². The van der Waals surface area contributed by atoms with Crippen molar-refractivity contribution >= 4 is 47.3 Å². The van der Waals surface area contributed by atoms with E-state index in [1.54, 1.807) is 75.4 Å². The molecule has 2 aliphatic heterocycles. The van der Waals surface area contributed by atoms with Crippen molar-refractivity contribution in [3.63, 3.8) is 0 Å². The van der Waals surface area contributed by atoms with Crippen molar-refractivity contribution < 1.29 is 67.9 Å². The van der Waals surface area contributed by atoms with Gasteiger partial charge in [0.15, 0.2) is 6.10 Å². The quantitative estimate of drug-likeness (QED) is 0.0773. The molecule has 2 aromatic rings. The van der Waals surface area contributed by atoms with Gasteiger partial charge in [-0.2, -0.15) is 0 Å². The minimum absolute atomic E-state index is 0.000288. The van der Waals surface area contributed by atoms with Crippen molar-refractivity contribution in [3.8, 4) is 5.75 Å². The maximum atomic E-state index is 15.2. The molecule has 0 radical (unpaired) electrons. The van der Waals surface area contributed by atoms with Crippen LogP contribution in [0.4, 0.5) is 0 Å². The number of likely N-dealkylation sites (N-methyl/N-ethyl adjacent to an activating group) is 1. The number of nitrogens with zero attached hydrogens (tertiary/aromatic N) is 2. The van der Waals surface area contributed by atoms with Crippen LogP contribution >= 0.6 is 0 Å². The van der Waals surface area contributed by atoms with E-state index in [4.69, 9.17) is 14.2 Å². The number of nitrogens with one attached hydrogen (secondary N) is 5. The van der Waals surface area contributed by atoms with Crippen LogP contribution in [0.15, 0.2) is 78.9 Å². The van der Waals surface area contributed by atoms with Gasteiger partial charge in [-0.1, -0.05) is 107 Å². The van der Waals surface area contributed by atoms with E-state index in [0.29, 0.717) is 24.0 Å². The molecule has 2 saturated heterocycles. The van der Waals surface area contributed by atoms with E-state index in [9.17, 15) is 48.9 Å². The first-order chi connectivity index (χ1) is 36.2. The summed E-state index contributed by atoms with van der Waals surface area (Å²) in [5, 5.41) is 43.6. The number of carbonyl (C=O) groups excluding carboxylic acids is 8. The highest BCUT2D eigenvalue weighted by molar-refractivity contribution is 5.98. The molecular weight excluding hydrogens is 983 g/mol. The molecule has 2 bridgehead atoms. The number of allylic oxidation sites excluding steroid dienone is 2. The fourth-order valence-corrected chi connectivity index (χ4v) is 9.54. The smallest absolute Gasteiger partial charge is 0.329 e. The second kappa shape index (κ2) is 28.5. The Hall–Kier alpha value is -6.68. The number of piperidine rings is 1. The summed E-state index contributed by atoms with van der Waals surface area (Å²) in [4.78, 5) is 120. The predicted molar refractivity (Wildman–Crippen MR) is 278 cm³/mol.